The third-order valence-corrected chi connectivity index (χ3v) is 4.79. The van der Waals surface area contributed by atoms with Crippen LogP contribution in [0.25, 0.3) is 22.6 Å². The van der Waals surface area contributed by atoms with Crippen LogP contribution < -0.4 is 4.90 Å². The molecular formula is C21H23N4O3+. The Bertz CT molecular complexity index is 1080. The van der Waals surface area contributed by atoms with Gasteiger partial charge in [0.15, 0.2) is 12.3 Å². The number of rotatable bonds is 8. The first-order chi connectivity index (χ1) is 13.7. The summed E-state index contributed by atoms with van der Waals surface area (Å²) in [6.45, 7) is 5.75. The standard InChI is InChI=1S/C21H22N4O3/c1-3-10-25(13-19-23-24-21(28-19)18-9-6-11-27-18)12-17(26)20-14(2)22-16-8-5-4-7-15(16)20/h4-9,11,22H,3,10,12-13H2,1-2H3/p+1. The summed E-state index contributed by atoms with van der Waals surface area (Å²) in [7, 11) is 0. The van der Waals surface area contributed by atoms with E-state index in [1.807, 2.05) is 31.2 Å². The molecule has 28 heavy (non-hydrogen) atoms. The summed E-state index contributed by atoms with van der Waals surface area (Å²) in [5.74, 6) is 1.51. The lowest BCUT2D eigenvalue weighted by Crippen LogP contribution is -3.11. The van der Waals surface area contributed by atoms with Crippen LogP contribution in [0, 0.1) is 6.92 Å². The van der Waals surface area contributed by atoms with Crippen LogP contribution in [-0.2, 0) is 6.54 Å². The van der Waals surface area contributed by atoms with E-state index in [0.29, 0.717) is 30.6 Å². The van der Waals surface area contributed by atoms with Gasteiger partial charge in [0.05, 0.1) is 18.4 Å². The highest BCUT2D eigenvalue weighted by Gasteiger charge is 2.23. The van der Waals surface area contributed by atoms with Crippen molar-refractivity contribution in [1.29, 1.82) is 0 Å². The maximum Gasteiger partial charge on any atom is 0.283 e. The van der Waals surface area contributed by atoms with Crippen LogP contribution in [0.3, 0.4) is 0 Å². The van der Waals surface area contributed by atoms with Gasteiger partial charge in [-0.25, -0.2) is 0 Å². The Morgan fingerprint density at radius 1 is 1.18 bits per heavy atom. The van der Waals surface area contributed by atoms with E-state index >= 15 is 0 Å². The predicted molar refractivity (Wildman–Crippen MR) is 104 cm³/mol. The molecule has 144 valence electrons. The summed E-state index contributed by atoms with van der Waals surface area (Å²) in [6.07, 6.45) is 2.52. The Labute approximate surface area is 162 Å². The number of fused-ring (bicyclic) bond motifs is 1. The number of para-hydroxylation sites is 1. The fraction of sp³-hybridized carbons (Fsp3) is 0.286. The summed E-state index contributed by atoms with van der Waals surface area (Å²) >= 11 is 0. The predicted octanol–water partition coefficient (Wildman–Crippen LogP) is 2.80. The molecule has 3 aromatic heterocycles. The zero-order valence-corrected chi connectivity index (χ0v) is 16.0. The number of Topliss-reactive ketones (excluding diaryl/α,β-unsaturated/α-hetero) is 1. The number of hydrogen-bond acceptors (Lipinski definition) is 5. The number of hydrogen-bond donors (Lipinski definition) is 2. The SMILES string of the molecule is CCC[NH+](CC(=O)c1c(C)[nH]c2ccccc12)Cc1nnc(-c2ccco2)o1. The number of H-pyrrole nitrogens is 1. The van der Waals surface area contributed by atoms with Gasteiger partial charge < -0.3 is 18.7 Å². The number of furan rings is 1. The van der Waals surface area contributed by atoms with E-state index in [0.717, 1.165) is 40.0 Å². The second kappa shape index (κ2) is 7.82. The minimum atomic E-state index is 0.115. The van der Waals surface area contributed by atoms with Gasteiger partial charge in [-0.2, -0.15) is 0 Å². The molecule has 3 heterocycles. The third-order valence-electron chi connectivity index (χ3n) is 4.79. The van der Waals surface area contributed by atoms with Gasteiger partial charge in [0.25, 0.3) is 11.8 Å². The lowest BCUT2D eigenvalue weighted by Gasteiger charge is -2.16. The van der Waals surface area contributed by atoms with Crippen LogP contribution in [0.15, 0.2) is 51.5 Å². The topological polar surface area (TPSA) is 89.4 Å². The average molecular weight is 379 g/mol. The number of carbonyl (C=O) groups excluding carboxylic acids is 1. The molecule has 0 fully saturated rings. The Hall–Kier alpha value is -3.19. The van der Waals surface area contributed by atoms with Gasteiger partial charge in [-0.05, 0) is 31.5 Å². The minimum Gasteiger partial charge on any atom is -0.459 e. The van der Waals surface area contributed by atoms with Crippen LogP contribution in [0.5, 0.6) is 0 Å². The minimum absolute atomic E-state index is 0.115. The summed E-state index contributed by atoms with van der Waals surface area (Å²) in [6, 6.07) is 11.4. The van der Waals surface area contributed by atoms with Crippen molar-refractivity contribution in [3.05, 3.63) is 59.8 Å². The van der Waals surface area contributed by atoms with E-state index < -0.39 is 0 Å². The van der Waals surface area contributed by atoms with Crippen LogP contribution in [0.2, 0.25) is 0 Å². The molecule has 4 rings (SSSR count). The number of carbonyl (C=O) groups is 1. The van der Waals surface area contributed by atoms with Gasteiger partial charge in [0.1, 0.15) is 6.54 Å². The first-order valence-electron chi connectivity index (χ1n) is 9.46. The van der Waals surface area contributed by atoms with Crippen molar-refractivity contribution in [2.24, 2.45) is 0 Å². The van der Waals surface area contributed by atoms with Crippen molar-refractivity contribution in [3.8, 4) is 11.7 Å². The molecule has 0 amide bonds. The summed E-state index contributed by atoms with van der Waals surface area (Å²) in [4.78, 5) is 17.5. The number of quaternary nitrogens is 1. The number of aromatic nitrogens is 3. The quantitative estimate of drug-likeness (QED) is 0.460. The number of aromatic amines is 1. The number of ketones is 1. The normalized spacial score (nSPS) is 12.5. The van der Waals surface area contributed by atoms with Crippen molar-refractivity contribution < 1.29 is 18.5 Å². The van der Waals surface area contributed by atoms with E-state index in [-0.39, 0.29) is 5.78 Å². The molecule has 0 aliphatic carbocycles. The van der Waals surface area contributed by atoms with Crippen LogP contribution in [0.4, 0.5) is 0 Å². The molecule has 0 saturated heterocycles. The molecule has 1 unspecified atom stereocenters. The maximum atomic E-state index is 13.1. The van der Waals surface area contributed by atoms with Crippen molar-refractivity contribution in [3.63, 3.8) is 0 Å². The van der Waals surface area contributed by atoms with E-state index in [9.17, 15) is 4.79 Å². The van der Waals surface area contributed by atoms with Crippen molar-refractivity contribution in [1.82, 2.24) is 15.2 Å². The van der Waals surface area contributed by atoms with Gasteiger partial charge in [0, 0.05) is 16.6 Å². The molecule has 0 spiro atoms. The molecule has 0 aliphatic rings. The molecule has 4 aromatic rings. The van der Waals surface area contributed by atoms with E-state index in [2.05, 4.69) is 22.1 Å². The fourth-order valence-corrected chi connectivity index (χ4v) is 3.58. The van der Waals surface area contributed by atoms with E-state index in [1.54, 1.807) is 18.4 Å². The van der Waals surface area contributed by atoms with E-state index in [1.165, 1.54) is 0 Å². The molecule has 7 heteroatoms. The van der Waals surface area contributed by atoms with Crippen molar-refractivity contribution in [2.45, 2.75) is 26.8 Å². The number of nitrogens with zero attached hydrogens (tertiary/aromatic N) is 2. The largest absolute Gasteiger partial charge is 0.459 e. The van der Waals surface area contributed by atoms with Gasteiger partial charge in [0.2, 0.25) is 5.78 Å². The highest BCUT2D eigenvalue weighted by molar-refractivity contribution is 6.09. The smallest absolute Gasteiger partial charge is 0.283 e. The Balaban J connectivity index is 1.52. The molecule has 0 bridgehead atoms. The van der Waals surface area contributed by atoms with Gasteiger partial charge >= 0.3 is 0 Å². The molecule has 1 aromatic carbocycles. The summed E-state index contributed by atoms with van der Waals surface area (Å²) in [5, 5.41) is 9.13. The lowest BCUT2D eigenvalue weighted by atomic mass is 10.1. The highest BCUT2D eigenvalue weighted by Crippen LogP contribution is 2.22. The molecule has 1 atom stereocenters. The summed E-state index contributed by atoms with van der Waals surface area (Å²) in [5.41, 5.74) is 2.66. The monoisotopic (exact) mass is 379 g/mol. The highest BCUT2D eigenvalue weighted by atomic mass is 16.4. The Morgan fingerprint density at radius 2 is 2.04 bits per heavy atom. The zero-order chi connectivity index (χ0) is 19.5. The van der Waals surface area contributed by atoms with Gasteiger partial charge in [-0.1, -0.05) is 25.1 Å². The summed E-state index contributed by atoms with van der Waals surface area (Å²) < 4.78 is 11.0. The molecule has 2 N–H and O–H groups in total. The molecule has 0 aliphatic heterocycles. The number of aryl methyl sites for hydroxylation is 1. The van der Waals surface area contributed by atoms with Crippen molar-refractivity contribution in [2.75, 3.05) is 13.1 Å². The molecule has 0 saturated carbocycles. The van der Waals surface area contributed by atoms with Gasteiger partial charge in [-0.3, -0.25) is 4.79 Å². The number of benzene rings is 1. The third kappa shape index (κ3) is 3.61. The first-order valence-corrected chi connectivity index (χ1v) is 9.46. The molecule has 0 radical (unpaired) electrons. The second-order valence-corrected chi connectivity index (χ2v) is 6.93. The Kier molecular flexibility index (Phi) is 5.08. The molecular weight excluding hydrogens is 356 g/mol. The lowest BCUT2D eigenvalue weighted by molar-refractivity contribution is -0.906. The van der Waals surface area contributed by atoms with Gasteiger partial charge in [-0.15, -0.1) is 10.2 Å². The van der Waals surface area contributed by atoms with Crippen LogP contribution in [-0.4, -0.2) is 34.1 Å². The number of nitrogens with one attached hydrogen (secondary N) is 2. The first kappa shape index (κ1) is 18.2. The van der Waals surface area contributed by atoms with Crippen molar-refractivity contribution >= 4 is 16.7 Å². The molecule has 7 nitrogen and oxygen atoms in total. The maximum absolute atomic E-state index is 13.1. The van der Waals surface area contributed by atoms with E-state index in [4.69, 9.17) is 8.83 Å². The average Bonchev–Trinajstić information content (AvgIpc) is 3.40. The Morgan fingerprint density at radius 3 is 2.82 bits per heavy atom. The second-order valence-electron chi connectivity index (χ2n) is 6.93. The fourth-order valence-electron chi connectivity index (χ4n) is 3.58. The van der Waals surface area contributed by atoms with Crippen LogP contribution >= 0.6 is 0 Å². The zero-order valence-electron chi connectivity index (χ0n) is 16.0. The van der Waals surface area contributed by atoms with Crippen LogP contribution in [0.1, 0.15) is 35.3 Å².